The minimum absolute atomic E-state index is 0.112. The van der Waals surface area contributed by atoms with E-state index in [4.69, 9.17) is 0 Å². The maximum atomic E-state index is 9.43. The van der Waals surface area contributed by atoms with E-state index in [0.29, 0.717) is 5.92 Å². The van der Waals surface area contributed by atoms with Crippen LogP contribution < -0.4 is 0 Å². The third-order valence-electron chi connectivity index (χ3n) is 4.39. The number of nitriles is 1. The number of hydrogen-bond acceptors (Lipinski definition) is 2. The van der Waals surface area contributed by atoms with Crippen molar-refractivity contribution in [3.05, 3.63) is 34.9 Å². The van der Waals surface area contributed by atoms with Gasteiger partial charge in [0.05, 0.1) is 12.0 Å². The number of benzene rings is 1. The van der Waals surface area contributed by atoms with Gasteiger partial charge >= 0.3 is 0 Å². The maximum Gasteiger partial charge on any atom is 0.0676 e. The van der Waals surface area contributed by atoms with E-state index >= 15 is 0 Å². The first-order chi connectivity index (χ1) is 8.82. The molecule has 0 saturated carbocycles. The molecule has 0 unspecified atom stereocenters. The average Bonchev–Trinajstić information content (AvgIpc) is 2.76. The monoisotopic (exact) mass is 256 g/mol. The number of hydrogen-bond donors (Lipinski definition) is 0. The van der Waals surface area contributed by atoms with Gasteiger partial charge in [-0.25, -0.2) is 0 Å². The molecule has 19 heavy (non-hydrogen) atoms. The molecule has 0 aromatic heterocycles. The van der Waals surface area contributed by atoms with E-state index in [1.54, 1.807) is 0 Å². The molecular weight excluding hydrogens is 232 g/mol. The molecule has 2 atom stereocenters. The second kappa shape index (κ2) is 4.98. The Kier molecular flexibility index (Phi) is 3.69. The Morgan fingerprint density at radius 3 is 2.37 bits per heavy atom. The number of aryl methyl sites for hydroxylation is 2. The molecule has 1 aliphatic heterocycles. The third-order valence-corrected chi connectivity index (χ3v) is 4.39. The number of nitrogens with zero attached hydrogens (tertiary/aromatic N) is 2. The van der Waals surface area contributed by atoms with E-state index in [1.807, 2.05) is 0 Å². The Labute approximate surface area is 117 Å². The summed E-state index contributed by atoms with van der Waals surface area (Å²) in [6.45, 7) is 12.8. The first-order valence-corrected chi connectivity index (χ1v) is 7.04. The molecule has 0 amide bonds. The minimum Gasteiger partial charge on any atom is -0.297 e. The zero-order valence-corrected chi connectivity index (χ0v) is 12.7. The van der Waals surface area contributed by atoms with Gasteiger partial charge in [0, 0.05) is 24.5 Å². The number of likely N-dealkylation sites (tertiary alicyclic amines) is 1. The average molecular weight is 256 g/mol. The van der Waals surface area contributed by atoms with Gasteiger partial charge in [-0.05, 0) is 51.3 Å². The molecule has 1 fully saturated rings. The van der Waals surface area contributed by atoms with E-state index in [2.05, 4.69) is 63.8 Å². The summed E-state index contributed by atoms with van der Waals surface area (Å²) in [5.41, 5.74) is 4.11. The fraction of sp³-hybridized carbons (Fsp3) is 0.588. The van der Waals surface area contributed by atoms with Crippen LogP contribution >= 0.6 is 0 Å². The number of rotatable bonds is 1. The summed E-state index contributed by atoms with van der Waals surface area (Å²) in [5, 5.41) is 9.43. The van der Waals surface area contributed by atoms with E-state index < -0.39 is 0 Å². The zero-order chi connectivity index (χ0) is 14.2. The summed E-state index contributed by atoms with van der Waals surface area (Å²) in [5.74, 6) is 0.463. The first-order valence-electron chi connectivity index (χ1n) is 7.04. The van der Waals surface area contributed by atoms with Crippen molar-refractivity contribution >= 4 is 0 Å². The molecule has 0 spiro atoms. The molecule has 2 heteroatoms. The summed E-state index contributed by atoms with van der Waals surface area (Å²) in [6.07, 6.45) is 0. The van der Waals surface area contributed by atoms with Crippen LogP contribution in [0.4, 0.5) is 0 Å². The van der Waals surface area contributed by atoms with Crippen LogP contribution in [0.2, 0.25) is 0 Å². The van der Waals surface area contributed by atoms with Crippen molar-refractivity contribution in [2.24, 2.45) is 5.92 Å². The van der Waals surface area contributed by atoms with Gasteiger partial charge in [-0.2, -0.15) is 5.26 Å². The molecule has 1 aliphatic rings. The molecular formula is C17H24N2. The summed E-state index contributed by atoms with van der Waals surface area (Å²) < 4.78 is 0. The van der Waals surface area contributed by atoms with Crippen molar-refractivity contribution < 1.29 is 0 Å². The third kappa shape index (κ3) is 2.82. The van der Waals surface area contributed by atoms with Crippen molar-refractivity contribution in [2.45, 2.75) is 46.1 Å². The highest BCUT2D eigenvalue weighted by molar-refractivity contribution is 5.34. The van der Waals surface area contributed by atoms with Crippen LogP contribution in [0.15, 0.2) is 18.2 Å². The predicted molar refractivity (Wildman–Crippen MR) is 79.1 cm³/mol. The Morgan fingerprint density at radius 1 is 1.16 bits per heavy atom. The molecule has 1 saturated heterocycles. The largest absolute Gasteiger partial charge is 0.297 e. The van der Waals surface area contributed by atoms with Crippen LogP contribution in [0.5, 0.6) is 0 Å². The molecule has 1 aromatic rings. The summed E-state index contributed by atoms with van der Waals surface area (Å²) in [6, 6.07) is 9.14. The van der Waals surface area contributed by atoms with Crippen LogP contribution in [-0.4, -0.2) is 23.5 Å². The Balaban J connectivity index is 2.28. The molecule has 0 radical (unpaired) electrons. The van der Waals surface area contributed by atoms with Crippen LogP contribution in [0, 0.1) is 31.1 Å². The molecule has 2 rings (SSSR count). The van der Waals surface area contributed by atoms with Gasteiger partial charge in [0.25, 0.3) is 0 Å². The quantitative estimate of drug-likeness (QED) is 0.767. The molecule has 0 bridgehead atoms. The molecule has 0 N–H and O–H groups in total. The zero-order valence-electron chi connectivity index (χ0n) is 12.7. The smallest absolute Gasteiger partial charge is 0.0676 e. The van der Waals surface area contributed by atoms with Gasteiger partial charge < -0.3 is 0 Å². The fourth-order valence-corrected chi connectivity index (χ4v) is 2.82. The highest BCUT2D eigenvalue weighted by atomic mass is 15.2. The SMILES string of the molecule is Cc1ccc([C@H]2CN(C(C)(C)C)C[C@@H]2C#N)cc1C. The van der Waals surface area contributed by atoms with Gasteiger partial charge in [0.2, 0.25) is 0 Å². The van der Waals surface area contributed by atoms with Gasteiger partial charge in [0.1, 0.15) is 0 Å². The fourth-order valence-electron chi connectivity index (χ4n) is 2.82. The van der Waals surface area contributed by atoms with Crippen LogP contribution in [0.3, 0.4) is 0 Å². The van der Waals surface area contributed by atoms with Crippen LogP contribution in [0.1, 0.15) is 43.4 Å². The normalized spacial score (nSPS) is 24.4. The van der Waals surface area contributed by atoms with E-state index in [9.17, 15) is 5.26 Å². The van der Waals surface area contributed by atoms with E-state index in [1.165, 1.54) is 16.7 Å². The van der Waals surface area contributed by atoms with Crippen molar-refractivity contribution in [3.8, 4) is 6.07 Å². The summed E-state index contributed by atoms with van der Waals surface area (Å²) in [7, 11) is 0. The van der Waals surface area contributed by atoms with Crippen LogP contribution in [0.25, 0.3) is 0 Å². The van der Waals surface area contributed by atoms with Gasteiger partial charge in [0.15, 0.2) is 0 Å². The van der Waals surface area contributed by atoms with Gasteiger partial charge in [-0.3, -0.25) is 4.90 Å². The highest BCUT2D eigenvalue weighted by Gasteiger charge is 2.38. The molecule has 102 valence electrons. The Bertz CT molecular complexity index is 505. The lowest BCUT2D eigenvalue weighted by molar-refractivity contribution is 0.170. The van der Waals surface area contributed by atoms with Gasteiger partial charge in [-0.1, -0.05) is 18.2 Å². The molecule has 2 nitrogen and oxygen atoms in total. The lowest BCUT2D eigenvalue weighted by atomic mass is 9.88. The van der Waals surface area contributed by atoms with Crippen molar-refractivity contribution in [1.82, 2.24) is 4.90 Å². The van der Waals surface area contributed by atoms with Crippen molar-refractivity contribution in [1.29, 1.82) is 5.26 Å². The van der Waals surface area contributed by atoms with Gasteiger partial charge in [-0.15, -0.1) is 0 Å². The lowest BCUT2D eigenvalue weighted by Gasteiger charge is -2.31. The summed E-state index contributed by atoms with van der Waals surface area (Å²) >= 11 is 0. The second-order valence-electron chi connectivity index (χ2n) is 6.76. The Hall–Kier alpha value is -1.33. The lowest BCUT2D eigenvalue weighted by Crippen LogP contribution is -2.39. The molecule has 1 aromatic carbocycles. The maximum absolute atomic E-state index is 9.43. The second-order valence-corrected chi connectivity index (χ2v) is 6.76. The topological polar surface area (TPSA) is 27.0 Å². The highest BCUT2D eigenvalue weighted by Crippen LogP contribution is 2.36. The van der Waals surface area contributed by atoms with Crippen LogP contribution in [-0.2, 0) is 0 Å². The Morgan fingerprint density at radius 2 is 1.84 bits per heavy atom. The molecule has 1 heterocycles. The van der Waals surface area contributed by atoms with Crippen molar-refractivity contribution in [2.75, 3.05) is 13.1 Å². The predicted octanol–water partition coefficient (Wildman–Crippen LogP) is 3.64. The minimum atomic E-state index is 0.112. The van der Waals surface area contributed by atoms with Crippen molar-refractivity contribution in [3.63, 3.8) is 0 Å². The first kappa shape index (κ1) is 14.1. The standard InChI is InChI=1S/C17H24N2/c1-12-6-7-14(8-13(12)2)16-11-19(17(3,4)5)10-15(16)9-18/h6-8,15-16H,10-11H2,1-5H3/t15-,16+/m0/s1. The van der Waals surface area contributed by atoms with E-state index in [-0.39, 0.29) is 11.5 Å². The molecule has 0 aliphatic carbocycles. The van der Waals surface area contributed by atoms with E-state index in [0.717, 1.165) is 13.1 Å². The summed E-state index contributed by atoms with van der Waals surface area (Å²) in [4.78, 5) is 2.43.